The van der Waals surface area contributed by atoms with Gasteiger partial charge in [0.25, 0.3) is 11.9 Å². The summed E-state index contributed by atoms with van der Waals surface area (Å²) in [5.74, 6) is -1.11. The van der Waals surface area contributed by atoms with Gasteiger partial charge in [-0.3, -0.25) is 14.9 Å². The van der Waals surface area contributed by atoms with Gasteiger partial charge < -0.3 is 14.8 Å². The minimum atomic E-state index is -1.11. The van der Waals surface area contributed by atoms with E-state index in [1.165, 1.54) is 19.1 Å². The Labute approximate surface area is 173 Å². The number of ether oxygens (including phenoxy) is 2. The Balaban J connectivity index is 1.74. The molecule has 0 spiro atoms. The van der Waals surface area contributed by atoms with E-state index in [0.717, 1.165) is 0 Å². The van der Waals surface area contributed by atoms with Crippen LogP contribution in [0.3, 0.4) is 0 Å². The van der Waals surface area contributed by atoms with Gasteiger partial charge in [-0.05, 0) is 30.3 Å². The number of amidine groups is 1. The maximum Gasteiger partial charge on any atom is 0.292 e. The van der Waals surface area contributed by atoms with E-state index in [0.29, 0.717) is 17.9 Å². The van der Waals surface area contributed by atoms with Crippen LogP contribution in [0.4, 0.5) is 10.1 Å². The molecule has 0 aromatic heterocycles. The van der Waals surface area contributed by atoms with Crippen molar-refractivity contribution in [3.63, 3.8) is 0 Å². The van der Waals surface area contributed by atoms with Gasteiger partial charge in [0.2, 0.25) is 5.91 Å². The van der Waals surface area contributed by atoms with Crippen LogP contribution in [0.2, 0.25) is 0 Å². The molecule has 1 saturated heterocycles. The number of carbonyl (C=O) groups is 2. The zero-order valence-corrected chi connectivity index (χ0v) is 16.7. The number of amides is 2. The largest absolute Gasteiger partial charge is 0.464 e. The minimum absolute atomic E-state index is 0.0103. The second-order valence-corrected chi connectivity index (χ2v) is 7.82. The highest BCUT2D eigenvalue weighted by Gasteiger charge is 2.58. The average Bonchev–Trinajstić information content (AvgIpc) is 3.07. The van der Waals surface area contributed by atoms with Crippen molar-refractivity contribution in [3.05, 3.63) is 65.5 Å². The van der Waals surface area contributed by atoms with E-state index in [1.54, 1.807) is 30.3 Å². The first-order valence-corrected chi connectivity index (χ1v) is 9.57. The van der Waals surface area contributed by atoms with Crippen LogP contribution in [0.15, 0.2) is 53.5 Å². The molecule has 0 bridgehead atoms. The predicted octanol–water partition coefficient (Wildman–Crippen LogP) is 2.83. The summed E-state index contributed by atoms with van der Waals surface area (Å²) >= 11 is 0. The molecule has 2 N–H and O–H groups in total. The zero-order chi connectivity index (χ0) is 21.4. The normalized spacial score (nSPS) is 25.0. The molecule has 156 valence electrons. The fourth-order valence-electron chi connectivity index (χ4n) is 3.89. The van der Waals surface area contributed by atoms with E-state index >= 15 is 0 Å². The Morgan fingerprint density at radius 1 is 1.07 bits per heavy atom. The van der Waals surface area contributed by atoms with Crippen molar-refractivity contribution in [1.82, 2.24) is 5.32 Å². The molecule has 2 amide bonds. The Morgan fingerprint density at radius 3 is 2.57 bits per heavy atom. The van der Waals surface area contributed by atoms with Gasteiger partial charge in [-0.2, -0.15) is 0 Å². The lowest BCUT2D eigenvalue weighted by molar-refractivity contribution is -0.114. The van der Waals surface area contributed by atoms with Crippen molar-refractivity contribution in [3.8, 4) is 0 Å². The van der Waals surface area contributed by atoms with Gasteiger partial charge in [0.15, 0.2) is 0 Å². The number of nitrogens with one attached hydrogen (secondary N) is 2. The molecular weight excluding hydrogens is 389 g/mol. The molecule has 8 heteroatoms. The van der Waals surface area contributed by atoms with E-state index in [1.807, 2.05) is 13.0 Å². The monoisotopic (exact) mass is 411 g/mol. The van der Waals surface area contributed by atoms with Crippen LogP contribution in [0.5, 0.6) is 0 Å². The molecule has 2 atom stereocenters. The molecular formula is C22H22FN3O4. The third kappa shape index (κ3) is 3.43. The minimum Gasteiger partial charge on any atom is -0.464 e. The number of nitrogens with zero attached hydrogens (tertiary/aromatic N) is 1. The summed E-state index contributed by atoms with van der Waals surface area (Å²) in [6, 6.07) is 13.0. The summed E-state index contributed by atoms with van der Waals surface area (Å²) in [6.07, 6.45) is 0. The fraction of sp³-hybridized carbons (Fsp3) is 0.318. The lowest BCUT2D eigenvalue weighted by atomic mass is 9.69. The standard InChI is InChI=1S/C22H22FN3O4/c1-14(27)24-16-8-9-18(23)17(10-16)22-13-29-11-21(22,2)12-30-20(26-22)25-19(28)15-6-4-3-5-7-15/h3-10H,11-13H2,1-2H3,(H,24,27)(H,25,26,28)/t21-,22+/m0/s1. The van der Waals surface area contributed by atoms with Crippen LogP contribution in [-0.4, -0.2) is 37.7 Å². The fourth-order valence-corrected chi connectivity index (χ4v) is 3.89. The lowest BCUT2D eigenvalue weighted by Gasteiger charge is -2.42. The van der Waals surface area contributed by atoms with E-state index < -0.39 is 16.8 Å². The van der Waals surface area contributed by atoms with Crippen molar-refractivity contribution in [2.45, 2.75) is 19.4 Å². The molecule has 2 aromatic carbocycles. The van der Waals surface area contributed by atoms with Crippen LogP contribution in [0.25, 0.3) is 0 Å². The van der Waals surface area contributed by atoms with Gasteiger partial charge >= 0.3 is 0 Å². The van der Waals surface area contributed by atoms with Crippen LogP contribution < -0.4 is 10.6 Å². The van der Waals surface area contributed by atoms with Gasteiger partial charge in [-0.25, -0.2) is 9.38 Å². The molecule has 0 aliphatic carbocycles. The summed E-state index contributed by atoms with van der Waals surface area (Å²) in [5.41, 5.74) is -0.567. The maximum absolute atomic E-state index is 15.0. The third-order valence-electron chi connectivity index (χ3n) is 5.54. The number of aliphatic imine (C=N–C) groups is 1. The third-order valence-corrected chi connectivity index (χ3v) is 5.54. The smallest absolute Gasteiger partial charge is 0.292 e. The number of rotatable bonds is 3. The number of hydrogen-bond donors (Lipinski definition) is 2. The van der Waals surface area contributed by atoms with Crippen molar-refractivity contribution in [1.29, 1.82) is 0 Å². The lowest BCUT2D eigenvalue weighted by Crippen LogP contribution is -2.52. The summed E-state index contributed by atoms with van der Waals surface area (Å²) in [5, 5.41) is 5.34. The highest BCUT2D eigenvalue weighted by Crippen LogP contribution is 2.51. The van der Waals surface area contributed by atoms with Crippen LogP contribution in [0, 0.1) is 11.2 Å². The Bertz CT molecular complexity index is 1030. The molecule has 2 aromatic rings. The summed E-state index contributed by atoms with van der Waals surface area (Å²) in [6.45, 7) is 3.92. The average molecular weight is 411 g/mol. The zero-order valence-electron chi connectivity index (χ0n) is 16.7. The number of fused-ring (bicyclic) bond motifs is 1. The van der Waals surface area contributed by atoms with Gasteiger partial charge in [0, 0.05) is 23.7 Å². The van der Waals surface area contributed by atoms with Gasteiger partial charge in [-0.1, -0.05) is 25.1 Å². The summed E-state index contributed by atoms with van der Waals surface area (Å²) < 4.78 is 26.4. The van der Waals surface area contributed by atoms with E-state index in [9.17, 15) is 14.0 Å². The van der Waals surface area contributed by atoms with E-state index in [4.69, 9.17) is 9.47 Å². The first kappa shape index (κ1) is 20.0. The van der Waals surface area contributed by atoms with E-state index in [-0.39, 0.29) is 36.6 Å². The second kappa shape index (κ2) is 7.53. The molecule has 4 rings (SSSR count). The van der Waals surface area contributed by atoms with Crippen LogP contribution in [0.1, 0.15) is 29.8 Å². The highest BCUT2D eigenvalue weighted by molar-refractivity contribution is 6.04. The number of carbonyl (C=O) groups excluding carboxylic acids is 2. The number of halogens is 1. The maximum atomic E-state index is 15.0. The topological polar surface area (TPSA) is 89.0 Å². The summed E-state index contributed by atoms with van der Waals surface area (Å²) in [7, 11) is 0. The quantitative estimate of drug-likeness (QED) is 0.813. The predicted molar refractivity (Wildman–Crippen MR) is 109 cm³/mol. The highest BCUT2D eigenvalue weighted by atomic mass is 19.1. The van der Waals surface area contributed by atoms with Gasteiger partial charge in [-0.15, -0.1) is 0 Å². The van der Waals surface area contributed by atoms with Crippen molar-refractivity contribution in [2.75, 3.05) is 25.1 Å². The molecule has 2 aliphatic rings. The Hall–Kier alpha value is -3.26. The SMILES string of the molecule is CC(=O)Nc1ccc(F)c([C@]23COC[C@@]2(C)COC(NC(=O)c2ccccc2)=N3)c1. The van der Waals surface area contributed by atoms with Crippen LogP contribution >= 0.6 is 0 Å². The van der Waals surface area contributed by atoms with Gasteiger partial charge in [0.05, 0.1) is 18.6 Å². The molecule has 2 aliphatic heterocycles. The van der Waals surface area contributed by atoms with Crippen molar-refractivity contribution in [2.24, 2.45) is 10.4 Å². The van der Waals surface area contributed by atoms with Crippen molar-refractivity contribution >= 4 is 23.5 Å². The molecule has 0 radical (unpaired) electrons. The molecule has 1 fully saturated rings. The first-order valence-electron chi connectivity index (χ1n) is 9.57. The molecule has 0 saturated carbocycles. The molecule has 2 heterocycles. The number of benzene rings is 2. The van der Waals surface area contributed by atoms with Crippen molar-refractivity contribution < 1.29 is 23.5 Å². The first-order chi connectivity index (χ1) is 14.3. The van der Waals surface area contributed by atoms with Crippen LogP contribution in [-0.2, 0) is 19.8 Å². The van der Waals surface area contributed by atoms with Gasteiger partial charge in [0.1, 0.15) is 18.0 Å². The van der Waals surface area contributed by atoms with E-state index in [2.05, 4.69) is 15.6 Å². The molecule has 0 unspecified atom stereocenters. The Kier molecular flexibility index (Phi) is 5.03. The molecule has 30 heavy (non-hydrogen) atoms. The number of hydrogen-bond acceptors (Lipinski definition) is 5. The summed E-state index contributed by atoms with van der Waals surface area (Å²) in [4.78, 5) is 28.7. The Morgan fingerprint density at radius 2 is 1.83 bits per heavy atom. The second-order valence-electron chi connectivity index (χ2n) is 7.82. The molecule has 7 nitrogen and oxygen atoms in total. The number of anilines is 1.